The van der Waals surface area contributed by atoms with E-state index in [4.69, 9.17) is 0 Å². The molecule has 224 valence electrons. The van der Waals surface area contributed by atoms with Crippen molar-refractivity contribution in [3.63, 3.8) is 0 Å². The molecule has 2 heteroatoms. The summed E-state index contributed by atoms with van der Waals surface area (Å²) >= 11 is 1.90. The van der Waals surface area contributed by atoms with Crippen LogP contribution in [0.5, 0.6) is 0 Å². The van der Waals surface area contributed by atoms with Gasteiger partial charge in [-0.1, -0.05) is 123 Å². The van der Waals surface area contributed by atoms with Crippen molar-refractivity contribution in [3.05, 3.63) is 175 Å². The van der Waals surface area contributed by atoms with Gasteiger partial charge >= 0.3 is 0 Å². The molecule has 0 saturated heterocycles. The molecule has 0 fully saturated rings. The minimum Gasteiger partial charge on any atom is -0.310 e. The third-order valence-corrected chi connectivity index (χ3v) is 11.0. The lowest BCUT2D eigenvalue weighted by atomic mass is 9.82. The van der Waals surface area contributed by atoms with Gasteiger partial charge in [0.05, 0.1) is 0 Å². The summed E-state index contributed by atoms with van der Waals surface area (Å²) in [5.41, 5.74) is 13.7. The Bertz CT molecular complexity index is 2320. The van der Waals surface area contributed by atoms with Crippen LogP contribution >= 0.6 is 11.3 Å². The Morgan fingerprint density at radius 3 is 1.53 bits per heavy atom. The molecule has 1 aromatic heterocycles. The van der Waals surface area contributed by atoms with Gasteiger partial charge in [-0.15, -0.1) is 11.3 Å². The molecule has 1 aliphatic carbocycles. The van der Waals surface area contributed by atoms with E-state index in [0.717, 1.165) is 17.1 Å². The normalized spacial score (nSPS) is 13.1. The second-order valence-corrected chi connectivity index (χ2v) is 14.1. The van der Waals surface area contributed by atoms with Gasteiger partial charge in [-0.05, 0) is 99.1 Å². The maximum absolute atomic E-state index is 2.46. The zero-order valence-corrected chi connectivity index (χ0v) is 27.3. The molecular formula is C45H33NS. The number of hydrogen-bond acceptors (Lipinski definition) is 2. The van der Waals surface area contributed by atoms with E-state index in [2.05, 4.69) is 183 Å². The zero-order chi connectivity index (χ0) is 31.5. The summed E-state index contributed by atoms with van der Waals surface area (Å²) in [7, 11) is 0. The first-order chi connectivity index (χ1) is 23.0. The molecule has 1 aliphatic rings. The summed E-state index contributed by atoms with van der Waals surface area (Å²) < 4.78 is 2.72. The lowest BCUT2D eigenvalue weighted by molar-refractivity contribution is 0.661. The molecule has 0 saturated carbocycles. The number of fused-ring (bicyclic) bond motifs is 6. The molecule has 1 nitrogen and oxygen atoms in total. The van der Waals surface area contributed by atoms with Crippen molar-refractivity contribution in [3.8, 4) is 33.4 Å². The van der Waals surface area contributed by atoms with Crippen LogP contribution in [0.4, 0.5) is 17.1 Å². The fourth-order valence-corrected chi connectivity index (χ4v) is 8.52. The predicted molar refractivity (Wildman–Crippen MR) is 202 cm³/mol. The Balaban J connectivity index is 1.17. The summed E-state index contributed by atoms with van der Waals surface area (Å²) in [6, 6.07) is 59.9. The monoisotopic (exact) mass is 619 g/mol. The molecule has 0 bridgehead atoms. The van der Waals surface area contributed by atoms with Gasteiger partial charge in [-0.2, -0.15) is 0 Å². The van der Waals surface area contributed by atoms with Crippen molar-refractivity contribution in [2.45, 2.75) is 19.3 Å². The molecule has 8 aromatic rings. The third-order valence-electron chi connectivity index (χ3n) is 9.88. The molecule has 47 heavy (non-hydrogen) atoms. The summed E-state index contributed by atoms with van der Waals surface area (Å²) in [4.78, 5) is 2.40. The Morgan fingerprint density at radius 1 is 0.404 bits per heavy atom. The fraction of sp³-hybridized carbons (Fsp3) is 0.0667. The van der Waals surface area contributed by atoms with Crippen molar-refractivity contribution in [1.29, 1.82) is 0 Å². The maximum atomic E-state index is 2.46. The van der Waals surface area contributed by atoms with Gasteiger partial charge < -0.3 is 4.90 Å². The van der Waals surface area contributed by atoms with E-state index < -0.39 is 0 Å². The maximum Gasteiger partial charge on any atom is 0.0465 e. The number of nitrogens with zero attached hydrogens (tertiary/aromatic N) is 1. The quantitative estimate of drug-likeness (QED) is 0.185. The highest BCUT2D eigenvalue weighted by Crippen LogP contribution is 2.53. The van der Waals surface area contributed by atoms with Crippen LogP contribution < -0.4 is 4.90 Å². The van der Waals surface area contributed by atoms with Gasteiger partial charge in [0, 0.05) is 42.6 Å². The molecule has 0 radical (unpaired) electrons. The molecule has 0 atom stereocenters. The minimum atomic E-state index is -0.120. The molecule has 0 N–H and O–H groups in total. The van der Waals surface area contributed by atoms with Crippen LogP contribution in [-0.2, 0) is 5.41 Å². The topological polar surface area (TPSA) is 3.24 Å². The van der Waals surface area contributed by atoms with Gasteiger partial charge in [0.2, 0.25) is 0 Å². The first-order valence-corrected chi connectivity index (χ1v) is 17.1. The van der Waals surface area contributed by atoms with Crippen molar-refractivity contribution in [2.75, 3.05) is 4.90 Å². The minimum absolute atomic E-state index is 0.120. The lowest BCUT2D eigenvalue weighted by Gasteiger charge is -2.28. The second kappa shape index (κ2) is 10.8. The van der Waals surface area contributed by atoms with Gasteiger partial charge in [0.1, 0.15) is 0 Å². The van der Waals surface area contributed by atoms with Crippen LogP contribution in [0, 0.1) is 0 Å². The standard InChI is InChI=1S/C45H33NS/c1-45(2)41-27-36(25-26-37(41)39-28-40-38-15-9-10-16-43(38)47-44(40)29-42(39)45)46(34-21-17-32(18-22-34)30-11-5-3-6-12-30)35-23-19-33(20-24-35)31-13-7-4-8-14-31/h3-29H,1-2H3. The lowest BCUT2D eigenvalue weighted by Crippen LogP contribution is -2.16. The van der Waals surface area contributed by atoms with E-state index in [0.29, 0.717) is 0 Å². The van der Waals surface area contributed by atoms with Gasteiger partial charge in [0.15, 0.2) is 0 Å². The largest absolute Gasteiger partial charge is 0.310 e. The van der Waals surface area contributed by atoms with Gasteiger partial charge in [-0.25, -0.2) is 0 Å². The summed E-state index contributed by atoms with van der Waals surface area (Å²) in [6.07, 6.45) is 0. The van der Waals surface area contributed by atoms with Crippen LogP contribution in [0.25, 0.3) is 53.6 Å². The average Bonchev–Trinajstić information content (AvgIpc) is 3.60. The van der Waals surface area contributed by atoms with Crippen molar-refractivity contribution >= 4 is 48.6 Å². The summed E-state index contributed by atoms with van der Waals surface area (Å²) in [5.74, 6) is 0. The second-order valence-electron chi connectivity index (χ2n) is 13.0. The third kappa shape index (κ3) is 4.60. The number of benzene rings is 7. The average molecular weight is 620 g/mol. The Hall–Kier alpha value is -5.44. The Labute approximate surface area is 280 Å². The van der Waals surface area contributed by atoms with E-state index >= 15 is 0 Å². The Kier molecular flexibility index (Phi) is 6.41. The first kappa shape index (κ1) is 27.8. The molecule has 1 heterocycles. The highest BCUT2D eigenvalue weighted by molar-refractivity contribution is 7.25. The van der Waals surface area contributed by atoms with E-state index in [1.807, 2.05) is 11.3 Å². The van der Waals surface area contributed by atoms with Gasteiger partial charge in [-0.3, -0.25) is 0 Å². The van der Waals surface area contributed by atoms with Crippen LogP contribution in [0.2, 0.25) is 0 Å². The number of thiophene rings is 1. The molecule has 9 rings (SSSR count). The summed E-state index contributed by atoms with van der Waals surface area (Å²) in [6.45, 7) is 4.77. The fourth-order valence-electron chi connectivity index (χ4n) is 7.39. The Morgan fingerprint density at radius 2 is 0.915 bits per heavy atom. The van der Waals surface area contributed by atoms with Crippen LogP contribution in [0.3, 0.4) is 0 Å². The van der Waals surface area contributed by atoms with E-state index in [1.165, 1.54) is 64.7 Å². The predicted octanol–water partition coefficient (Wildman–Crippen LogP) is 13.2. The number of hydrogen-bond donors (Lipinski definition) is 0. The SMILES string of the molecule is CC1(C)c2cc(N(c3ccc(-c4ccccc4)cc3)c3ccc(-c4ccccc4)cc3)ccc2-c2cc3c(cc21)sc1ccccc13. The van der Waals surface area contributed by atoms with E-state index in [-0.39, 0.29) is 5.41 Å². The molecule has 0 amide bonds. The van der Waals surface area contributed by atoms with Crippen LogP contribution in [-0.4, -0.2) is 0 Å². The van der Waals surface area contributed by atoms with Crippen molar-refractivity contribution in [2.24, 2.45) is 0 Å². The highest BCUT2D eigenvalue weighted by atomic mass is 32.1. The highest BCUT2D eigenvalue weighted by Gasteiger charge is 2.36. The molecular weight excluding hydrogens is 587 g/mol. The molecule has 0 spiro atoms. The van der Waals surface area contributed by atoms with E-state index in [1.54, 1.807) is 0 Å². The summed E-state index contributed by atoms with van der Waals surface area (Å²) in [5, 5.41) is 2.71. The van der Waals surface area contributed by atoms with Gasteiger partial charge in [0.25, 0.3) is 0 Å². The van der Waals surface area contributed by atoms with E-state index in [9.17, 15) is 0 Å². The molecule has 0 aliphatic heterocycles. The molecule has 0 unspecified atom stereocenters. The van der Waals surface area contributed by atoms with Crippen molar-refractivity contribution < 1.29 is 0 Å². The molecule has 7 aromatic carbocycles. The first-order valence-electron chi connectivity index (χ1n) is 16.3. The van der Waals surface area contributed by atoms with Crippen LogP contribution in [0.15, 0.2) is 164 Å². The zero-order valence-electron chi connectivity index (χ0n) is 26.4. The number of anilines is 3. The van der Waals surface area contributed by atoms with Crippen molar-refractivity contribution in [1.82, 2.24) is 0 Å². The van der Waals surface area contributed by atoms with Crippen LogP contribution in [0.1, 0.15) is 25.0 Å². The smallest absolute Gasteiger partial charge is 0.0465 e. The number of rotatable bonds is 5.